The van der Waals surface area contributed by atoms with Crippen molar-refractivity contribution in [2.45, 2.75) is 20.3 Å². The van der Waals surface area contributed by atoms with Crippen LogP contribution in [0.2, 0.25) is 0 Å². The Morgan fingerprint density at radius 1 is 1.53 bits per heavy atom. The number of esters is 1. The van der Waals surface area contributed by atoms with E-state index in [0.717, 1.165) is 11.6 Å². The van der Waals surface area contributed by atoms with Crippen LogP contribution in [0.4, 0.5) is 10.1 Å². The van der Waals surface area contributed by atoms with Crippen molar-refractivity contribution in [3.05, 3.63) is 11.8 Å². The van der Waals surface area contributed by atoms with Crippen molar-refractivity contribution in [3.8, 4) is 0 Å². The van der Waals surface area contributed by atoms with Gasteiger partial charge in [-0.25, -0.2) is 9.78 Å². The van der Waals surface area contributed by atoms with Crippen LogP contribution >= 0.6 is 11.3 Å². The normalized spacial score (nSPS) is 11.3. The molecule has 0 saturated heterocycles. The molecule has 1 heterocycles. The minimum atomic E-state index is -0.371. The van der Waals surface area contributed by atoms with E-state index in [2.05, 4.69) is 16.7 Å². The summed E-state index contributed by atoms with van der Waals surface area (Å²) in [6.07, 6.45) is 2.53. The zero-order chi connectivity index (χ0) is 14.4. The number of carbonyl (C=O) groups is 1. The maximum Gasteiger partial charge on any atom is 0.340 e. The Balaban J connectivity index is 3.26. The lowest BCUT2D eigenvalue weighted by Crippen LogP contribution is -2.10. The lowest BCUT2D eigenvalue weighted by Gasteiger charge is -2.06. The highest BCUT2D eigenvalue weighted by atomic mass is 32.1. The minimum Gasteiger partial charge on any atom is -0.462 e. The number of hydrogen-bond acceptors (Lipinski definition) is 6. The van der Waals surface area contributed by atoms with Crippen LogP contribution in [0.15, 0.2) is 11.1 Å². The Labute approximate surface area is 117 Å². The molecule has 19 heavy (non-hydrogen) atoms. The predicted molar refractivity (Wildman–Crippen MR) is 80.6 cm³/mol. The highest BCUT2D eigenvalue weighted by Gasteiger charge is 2.21. The zero-order valence-corrected chi connectivity index (χ0v) is 12.6. The molecule has 0 saturated carbocycles. The first-order valence-electron chi connectivity index (χ1n) is 6.07. The van der Waals surface area contributed by atoms with Gasteiger partial charge in [0.2, 0.25) is 0 Å². The van der Waals surface area contributed by atoms with Gasteiger partial charge in [-0.3, -0.25) is 4.99 Å². The summed E-state index contributed by atoms with van der Waals surface area (Å²) >= 11 is 1.39. The summed E-state index contributed by atoms with van der Waals surface area (Å²) in [5.74, 6) is -0.371. The van der Waals surface area contributed by atoms with Crippen LogP contribution in [-0.4, -0.2) is 38.4 Å². The maximum atomic E-state index is 12.0. The van der Waals surface area contributed by atoms with E-state index in [1.807, 2.05) is 25.9 Å². The van der Waals surface area contributed by atoms with Crippen molar-refractivity contribution < 1.29 is 9.53 Å². The molecule has 0 N–H and O–H groups in total. The molecule has 5 nitrogen and oxygen atoms in total. The molecule has 0 aliphatic carbocycles. The molecule has 0 bridgehead atoms. The Morgan fingerprint density at radius 2 is 2.21 bits per heavy atom. The molecule has 0 spiro atoms. The van der Waals surface area contributed by atoms with Crippen LogP contribution in [0.3, 0.4) is 0 Å². The van der Waals surface area contributed by atoms with Crippen LogP contribution in [-0.2, 0) is 9.53 Å². The quantitative estimate of drug-likeness (QED) is 0.457. The zero-order valence-electron chi connectivity index (χ0n) is 11.8. The summed E-state index contributed by atoms with van der Waals surface area (Å²) in [4.78, 5) is 22.2. The lowest BCUT2D eigenvalue weighted by atomic mass is 10.1. The van der Waals surface area contributed by atoms with Gasteiger partial charge in [0, 0.05) is 14.1 Å². The Bertz CT molecular complexity index is 492. The van der Waals surface area contributed by atoms with Crippen molar-refractivity contribution in [2.75, 3.05) is 25.6 Å². The fraction of sp³-hybridized carbons (Fsp3) is 0.462. The molecule has 0 atom stereocenters. The van der Waals surface area contributed by atoms with E-state index in [1.165, 1.54) is 11.3 Å². The first kappa shape index (κ1) is 15.4. The largest absolute Gasteiger partial charge is 0.462 e. The topological polar surface area (TPSA) is 54.8 Å². The second-order valence-electron chi connectivity index (χ2n) is 3.95. The summed E-state index contributed by atoms with van der Waals surface area (Å²) in [5.41, 5.74) is 1.00. The molecule has 0 aromatic carbocycles. The van der Waals surface area contributed by atoms with Crippen LogP contribution in [0, 0.1) is 0 Å². The van der Waals surface area contributed by atoms with Gasteiger partial charge >= 0.3 is 5.97 Å². The van der Waals surface area contributed by atoms with Gasteiger partial charge in [-0.1, -0.05) is 24.3 Å². The number of allylic oxidation sites excluding steroid dienone is 1. The Kier molecular flexibility index (Phi) is 5.69. The number of ether oxygens (including phenoxy) is 1. The van der Waals surface area contributed by atoms with E-state index >= 15 is 0 Å². The van der Waals surface area contributed by atoms with Gasteiger partial charge in [0.05, 0.1) is 12.2 Å². The molecule has 0 fully saturated rings. The highest BCUT2D eigenvalue weighted by molar-refractivity contribution is 7.19. The summed E-state index contributed by atoms with van der Waals surface area (Å²) in [6.45, 7) is 7.61. The first-order valence-corrected chi connectivity index (χ1v) is 6.89. The van der Waals surface area contributed by atoms with Crippen LogP contribution in [0.5, 0.6) is 0 Å². The maximum absolute atomic E-state index is 12.0. The van der Waals surface area contributed by atoms with E-state index in [-0.39, 0.29) is 5.97 Å². The summed E-state index contributed by atoms with van der Waals surface area (Å²) in [5, 5.41) is 1.42. The van der Waals surface area contributed by atoms with Crippen molar-refractivity contribution >= 4 is 39.7 Å². The Hall–Kier alpha value is -1.69. The number of hydrogen-bond donors (Lipinski definition) is 0. The molecule has 0 aliphatic rings. The molecule has 0 amide bonds. The van der Waals surface area contributed by atoms with Gasteiger partial charge < -0.3 is 9.64 Å². The summed E-state index contributed by atoms with van der Waals surface area (Å²) in [6, 6.07) is 0. The molecule has 104 valence electrons. The van der Waals surface area contributed by atoms with Crippen LogP contribution in [0.1, 0.15) is 26.0 Å². The monoisotopic (exact) mass is 281 g/mol. The number of thiazole rings is 1. The molecule has 1 aromatic rings. The summed E-state index contributed by atoms with van der Waals surface area (Å²) < 4.78 is 5.06. The fourth-order valence-electron chi connectivity index (χ4n) is 1.46. The van der Waals surface area contributed by atoms with E-state index in [1.54, 1.807) is 13.0 Å². The predicted octanol–water partition coefficient (Wildman–Crippen LogP) is 2.90. The first-order chi connectivity index (χ1) is 9.04. The summed E-state index contributed by atoms with van der Waals surface area (Å²) in [7, 11) is 3.78. The molecule has 0 unspecified atom stereocenters. The van der Waals surface area contributed by atoms with Crippen molar-refractivity contribution in [1.29, 1.82) is 0 Å². The highest BCUT2D eigenvalue weighted by Crippen LogP contribution is 2.36. The third kappa shape index (κ3) is 3.64. The molecule has 1 aromatic heterocycles. The van der Waals surface area contributed by atoms with Gasteiger partial charge in [0.15, 0.2) is 5.13 Å². The molecule has 1 rings (SSSR count). The number of aromatic nitrogens is 1. The second kappa shape index (κ2) is 7.04. The third-order valence-corrected chi connectivity index (χ3v) is 3.44. The molecular weight excluding hydrogens is 262 g/mol. The van der Waals surface area contributed by atoms with Gasteiger partial charge in [-0.15, -0.1) is 0 Å². The molecular formula is C13H19N3O2S. The average Bonchev–Trinajstić information content (AvgIpc) is 2.80. The van der Waals surface area contributed by atoms with Crippen molar-refractivity contribution in [1.82, 2.24) is 4.98 Å². The Morgan fingerprint density at radius 3 is 2.68 bits per heavy atom. The lowest BCUT2D eigenvalue weighted by molar-refractivity contribution is -0.136. The van der Waals surface area contributed by atoms with Crippen molar-refractivity contribution in [3.63, 3.8) is 0 Å². The molecule has 0 aliphatic heterocycles. The van der Waals surface area contributed by atoms with Gasteiger partial charge in [0.25, 0.3) is 0 Å². The fourth-order valence-corrected chi connectivity index (χ4v) is 2.27. The van der Waals surface area contributed by atoms with Crippen LogP contribution < -0.4 is 4.90 Å². The third-order valence-electron chi connectivity index (χ3n) is 2.28. The standard InChI is InChI=1S/C13H19N3O2S/c1-6-8-9(12(17)18-7-2)10-11(14-3)19-13(15-10)16(4)5/h8H,3,6-7H2,1-2,4-5H3. The van der Waals surface area contributed by atoms with E-state index in [0.29, 0.717) is 22.9 Å². The van der Waals surface area contributed by atoms with Crippen LogP contribution in [0.25, 0.3) is 5.57 Å². The van der Waals surface area contributed by atoms with E-state index < -0.39 is 0 Å². The average molecular weight is 281 g/mol. The van der Waals surface area contributed by atoms with Gasteiger partial charge in [-0.2, -0.15) is 0 Å². The number of anilines is 1. The SMILES string of the molecule is C=Nc1sc(N(C)C)nc1C(=CCC)C(=O)OCC. The van der Waals surface area contributed by atoms with E-state index in [9.17, 15) is 4.79 Å². The van der Waals surface area contributed by atoms with Crippen molar-refractivity contribution in [2.24, 2.45) is 4.99 Å². The van der Waals surface area contributed by atoms with E-state index in [4.69, 9.17) is 4.74 Å². The van der Waals surface area contributed by atoms with Gasteiger partial charge in [0.1, 0.15) is 10.7 Å². The molecule has 6 heteroatoms. The number of aliphatic imine (C=N–C) groups is 1. The second-order valence-corrected chi connectivity index (χ2v) is 4.91. The molecule has 0 radical (unpaired) electrons. The number of nitrogens with zero attached hydrogens (tertiary/aromatic N) is 3. The number of carbonyl (C=O) groups excluding carboxylic acids is 1. The van der Waals surface area contributed by atoms with Gasteiger partial charge in [-0.05, 0) is 20.1 Å². The number of rotatable bonds is 6. The minimum absolute atomic E-state index is 0.335. The smallest absolute Gasteiger partial charge is 0.340 e.